The van der Waals surface area contributed by atoms with Crippen LogP contribution < -0.4 is 0 Å². The fourth-order valence-electron chi connectivity index (χ4n) is 2.14. The molecule has 1 aromatic carbocycles. The van der Waals surface area contributed by atoms with Crippen molar-refractivity contribution < 1.29 is 27.1 Å². The molecule has 0 amide bonds. The number of carbonyl (C=O) groups excluding carboxylic acids is 1. The third-order valence-electron chi connectivity index (χ3n) is 3.13. The first-order valence-corrected chi connectivity index (χ1v) is 8.10. The maximum absolute atomic E-state index is 14.3. The third-order valence-corrected chi connectivity index (χ3v) is 4.20. The van der Waals surface area contributed by atoms with Crippen molar-refractivity contribution in [2.75, 3.05) is 0 Å². The fraction of sp³-hybridized carbons (Fsp3) is 0.333. The summed E-state index contributed by atoms with van der Waals surface area (Å²) in [6, 6.07) is 1.86. The normalized spacial score (nSPS) is 11.9. The average molecular weight is 456 g/mol. The molecule has 0 atom stereocenters. The number of aryl methyl sites for hydroxylation is 1. The van der Waals surface area contributed by atoms with Crippen molar-refractivity contribution >= 4 is 33.5 Å². The highest BCUT2D eigenvalue weighted by Crippen LogP contribution is 2.41. The Morgan fingerprint density at radius 2 is 2.00 bits per heavy atom. The summed E-state index contributed by atoms with van der Waals surface area (Å²) in [4.78, 5) is 12.0. The first-order valence-electron chi connectivity index (χ1n) is 6.93. The smallest absolute Gasteiger partial charge is 0.434 e. The summed E-state index contributed by atoms with van der Waals surface area (Å²) in [7, 11) is 1.08. The lowest BCUT2D eigenvalue weighted by molar-refractivity contribution is -0.144. The molecule has 2 aromatic rings. The minimum atomic E-state index is -4.69. The van der Waals surface area contributed by atoms with Gasteiger partial charge in [0.1, 0.15) is 11.5 Å². The molecule has 136 valence electrons. The molecule has 25 heavy (non-hydrogen) atoms. The second-order valence-corrected chi connectivity index (χ2v) is 6.60. The minimum Gasteiger partial charge on any atom is -0.459 e. The Hall–Kier alpha value is -1.61. The third kappa shape index (κ3) is 3.98. The van der Waals surface area contributed by atoms with Gasteiger partial charge in [-0.2, -0.15) is 18.3 Å². The maximum atomic E-state index is 14.3. The van der Waals surface area contributed by atoms with Crippen LogP contribution in [0.3, 0.4) is 0 Å². The SMILES string of the molecule is CC(C)OC(=O)[14c]1[14cH][14c](-c2nn(C)c(C(F)(F)F)c2Br)[14c](F)[14cH][14c]1Cl. The number of carbonyl (C=O) groups is 1. The molecule has 4 nitrogen and oxygen atoms in total. The molecule has 0 saturated carbocycles. The first-order chi connectivity index (χ1) is 11.4. The van der Waals surface area contributed by atoms with Gasteiger partial charge in [0.05, 0.1) is 21.2 Å². The van der Waals surface area contributed by atoms with Crippen molar-refractivity contribution in [2.45, 2.75) is 26.1 Å². The van der Waals surface area contributed by atoms with E-state index in [9.17, 15) is 22.4 Å². The van der Waals surface area contributed by atoms with E-state index >= 15 is 0 Å². The van der Waals surface area contributed by atoms with Gasteiger partial charge in [0, 0.05) is 12.6 Å². The Labute approximate surface area is 153 Å². The van der Waals surface area contributed by atoms with Gasteiger partial charge in [-0.15, -0.1) is 0 Å². The minimum absolute atomic E-state index is 0.169. The van der Waals surface area contributed by atoms with Gasteiger partial charge in [0.15, 0.2) is 5.69 Å². The van der Waals surface area contributed by atoms with Gasteiger partial charge in [-0.1, -0.05) is 11.6 Å². The van der Waals surface area contributed by atoms with Crippen molar-refractivity contribution in [3.63, 3.8) is 0 Å². The molecule has 1 aromatic heterocycles. The number of hydrogen-bond donors (Lipinski definition) is 0. The predicted octanol–water partition coefficient (Wildman–Crippen LogP) is 5.23. The van der Waals surface area contributed by atoms with E-state index in [0.717, 1.165) is 19.2 Å². The topological polar surface area (TPSA) is 44.1 Å². The number of benzene rings is 1. The number of ether oxygens (including phenoxy) is 1. The Bertz CT molecular complexity index is 834. The molecule has 0 saturated heterocycles. The molecule has 0 radical (unpaired) electrons. The Morgan fingerprint density at radius 1 is 1.40 bits per heavy atom. The van der Waals surface area contributed by atoms with E-state index in [-0.39, 0.29) is 21.8 Å². The van der Waals surface area contributed by atoms with Crippen LogP contribution in [0.4, 0.5) is 17.6 Å². The van der Waals surface area contributed by atoms with Crippen molar-refractivity contribution in [3.05, 3.63) is 38.7 Å². The van der Waals surface area contributed by atoms with Gasteiger partial charge in [-0.25, -0.2) is 9.18 Å². The van der Waals surface area contributed by atoms with Gasteiger partial charge >= 0.3 is 12.1 Å². The zero-order valence-electron chi connectivity index (χ0n) is 13.2. The van der Waals surface area contributed by atoms with Gasteiger partial charge in [0.2, 0.25) is 0 Å². The number of alkyl halides is 3. The summed E-state index contributed by atoms with van der Waals surface area (Å²) in [5, 5.41) is 3.50. The quantitative estimate of drug-likeness (QED) is 0.470. The van der Waals surface area contributed by atoms with Gasteiger partial charge in [-0.05, 0) is 41.9 Å². The summed E-state index contributed by atoms with van der Waals surface area (Å²) in [6.45, 7) is 3.22. The largest absolute Gasteiger partial charge is 0.459 e. The molecule has 10 heteroatoms. The molecule has 0 bridgehead atoms. The molecule has 0 aliphatic heterocycles. The fourth-order valence-corrected chi connectivity index (χ4v) is 3.14. The van der Waals surface area contributed by atoms with E-state index in [0.29, 0.717) is 4.68 Å². The predicted molar refractivity (Wildman–Crippen MR) is 86.9 cm³/mol. The second-order valence-electron chi connectivity index (χ2n) is 5.40. The average Bonchev–Trinajstić information content (AvgIpc) is 2.72. The molecule has 0 N–H and O–H groups in total. The van der Waals surface area contributed by atoms with Gasteiger partial charge < -0.3 is 4.74 Å². The van der Waals surface area contributed by atoms with Crippen molar-refractivity contribution in [1.29, 1.82) is 0 Å². The molecular formula is C15H12BrClF4N2O2. The summed E-state index contributed by atoms with van der Waals surface area (Å²) < 4.78 is 58.6. The number of aromatic nitrogens is 2. The Morgan fingerprint density at radius 3 is 2.48 bits per heavy atom. The molecule has 2 rings (SSSR count). The van der Waals surface area contributed by atoms with E-state index < -0.39 is 34.2 Å². The van der Waals surface area contributed by atoms with E-state index in [4.69, 9.17) is 16.3 Å². The summed E-state index contributed by atoms with van der Waals surface area (Å²) in [5.41, 5.74) is -1.86. The number of hydrogen-bond acceptors (Lipinski definition) is 3. The molecule has 0 fully saturated rings. The number of esters is 1. The van der Waals surface area contributed by atoms with Crippen LogP contribution in [0.2, 0.25) is 5.02 Å². The number of nitrogens with zero attached hydrogens (tertiary/aromatic N) is 2. The molecule has 0 unspecified atom stereocenters. The van der Waals surface area contributed by atoms with Crippen molar-refractivity contribution in [3.8, 4) is 11.3 Å². The van der Waals surface area contributed by atoms with Crippen LogP contribution in [0.15, 0.2) is 16.6 Å². The molecule has 0 spiro atoms. The highest BCUT2D eigenvalue weighted by molar-refractivity contribution is 9.10. The van der Waals surface area contributed by atoms with Crippen LogP contribution in [-0.4, -0.2) is 21.9 Å². The van der Waals surface area contributed by atoms with Crippen LogP contribution in [0.1, 0.15) is 29.9 Å². The van der Waals surface area contributed by atoms with Gasteiger partial charge in [0.25, 0.3) is 0 Å². The lowest BCUT2D eigenvalue weighted by Crippen LogP contribution is -2.12. The highest BCUT2D eigenvalue weighted by atomic mass is 79.9. The van der Waals surface area contributed by atoms with Crippen LogP contribution in [0.25, 0.3) is 11.3 Å². The zero-order valence-corrected chi connectivity index (χ0v) is 15.6. The van der Waals surface area contributed by atoms with Crippen molar-refractivity contribution in [2.24, 2.45) is 7.05 Å². The standard InChI is InChI=1S/C15H12BrClF4N2O2/c1-6(2)25-14(24)7-4-8(10(18)5-9(7)17)12-11(16)13(15(19,20)21)23(3)22-12/h4-6H,1-3H3/i4+2,5+2,7+2,8+2,9+2,10+2. The van der Waals surface area contributed by atoms with E-state index in [1.54, 1.807) is 13.8 Å². The van der Waals surface area contributed by atoms with E-state index in [2.05, 4.69) is 21.0 Å². The molecular weight excluding hydrogens is 443 g/mol. The number of halogens is 6. The van der Waals surface area contributed by atoms with Crippen LogP contribution in [-0.2, 0) is 18.0 Å². The van der Waals surface area contributed by atoms with E-state index in [1.165, 1.54) is 0 Å². The molecule has 1 heterocycles. The Balaban J connectivity index is 2.63. The number of rotatable bonds is 3. The molecule has 0 aliphatic rings. The lowest BCUT2D eigenvalue weighted by atomic mass is 10.4. The van der Waals surface area contributed by atoms with Crippen molar-refractivity contribution in [1.82, 2.24) is 9.78 Å². The second kappa shape index (κ2) is 6.95. The molecule has 0 aliphatic carbocycles. The monoisotopic (exact) mass is 454 g/mol. The summed E-state index contributed by atoms with van der Waals surface area (Å²) in [5.74, 6) is -1.73. The van der Waals surface area contributed by atoms with Crippen LogP contribution in [0, 0.1) is 5.82 Å². The highest BCUT2D eigenvalue weighted by Gasteiger charge is 2.39. The van der Waals surface area contributed by atoms with E-state index in [1.807, 2.05) is 0 Å². The zero-order chi connectivity index (χ0) is 19.1. The van der Waals surface area contributed by atoms with Crippen LogP contribution >= 0.6 is 27.5 Å². The first kappa shape index (κ1) is 19.7. The Kier molecular flexibility index (Phi) is 5.48. The lowest BCUT2D eigenvalue weighted by Gasteiger charge is -2.11. The van der Waals surface area contributed by atoms with Crippen LogP contribution in [0.5, 0.6) is 0 Å². The maximum Gasteiger partial charge on any atom is 0.434 e. The summed E-state index contributed by atoms with van der Waals surface area (Å²) >= 11 is 8.67. The van der Waals surface area contributed by atoms with Gasteiger partial charge in [-0.3, -0.25) is 4.68 Å². The summed E-state index contributed by atoms with van der Waals surface area (Å²) in [6.07, 6.45) is -5.14.